The minimum atomic E-state index is -0.295. The summed E-state index contributed by atoms with van der Waals surface area (Å²) in [5.74, 6) is 2.74. The molecule has 1 unspecified atom stereocenters. The van der Waals surface area contributed by atoms with Crippen molar-refractivity contribution in [1.82, 2.24) is 14.9 Å². The van der Waals surface area contributed by atoms with E-state index in [2.05, 4.69) is 14.9 Å². The molecule has 0 radical (unpaired) electrons. The van der Waals surface area contributed by atoms with Gasteiger partial charge in [0.15, 0.2) is 0 Å². The highest BCUT2D eigenvalue weighted by Gasteiger charge is 2.33. The van der Waals surface area contributed by atoms with E-state index in [0.717, 1.165) is 48.9 Å². The highest BCUT2D eigenvalue weighted by atomic mass is 32.2. The molecule has 2 aliphatic rings. The molecule has 2 aliphatic heterocycles. The maximum Gasteiger partial charge on any atom is 0.227 e. The number of hydrogen-bond acceptors (Lipinski definition) is 5. The molecule has 0 aliphatic carbocycles. The number of amides is 1. The molecule has 1 atom stereocenters. The molecule has 0 bridgehead atoms. The monoisotopic (exact) mass is 346 g/mol. The summed E-state index contributed by atoms with van der Waals surface area (Å²) in [5, 5.41) is 0.708. The first-order valence-electron chi connectivity index (χ1n) is 8.24. The zero-order valence-corrected chi connectivity index (χ0v) is 14.1. The van der Waals surface area contributed by atoms with Crippen LogP contribution in [0.15, 0.2) is 24.5 Å². The summed E-state index contributed by atoms with van der Waals surface area (Å²) >= 11 is 1.90. The number of halogens is 1. The average Bonchev–Trinajstić information content (AvgIpc) is 3.11. The van der Waals surface area contributed by atoms with Crippen molar-refractivity contribution < 1.29 is 9.18 Å². The number of hydrogen-bond donors (Lipinski definition) is 0. The van der Waals surface area contributed by atoms with E-state index in [9.17, 15) is 9.18 Å². The highest BCUT2D eigenvalue weighted by Crippen LogP contribution is 2.29. The lowest BCUT2D eigenvalue weighted by molar-refractivity contribution is -0.134. The molecule has 3 heterocycles. The van der Waals surface area contributed by atoms with E-state index in [1.165, 1.54) is 18.5 Å². The number of aromatic nitrogens is 2. The molecule has 24 heavy (non-hydrogen) atoms. The van der Waals surface area contributed by atoms with Gasteiger partial charge in [0, 0.05) is 43.1 Å². The summed E-state index contributed by atoms with van der Waals surface area (Å²) in [7, 11) is 0. The molecule has 1 amide bonds. The third-order valence-electron chi connectivity index (χ3n) is 4.74. The van der Waals surface area contributed by atoms with Crippen LogP contribution in [0.4, 0.5) is 10.2 Å². The molecule has 1 aromatic carbocycles. The minimum Gasteiger partial charge on any atom is -0.355 e. The predicted molar refractivity (Wildman–Crippen MR) is 93.7 cm³/mol. The maximum absolute atomic E-state index is 13.6. The summed E-state index contributed by atoms with van der Waals surface area (Å²) in [6, 6.07) is 4.55. The molecule has 7 heteroatoms. The summed E-state index contributed by atoms with van der Waals surface area (Å²) < 4.78 is 13.6. The van der Waals surface area contributed by atoms with E-state index in [0.29, 0.717) is 11.9 Å². The van der Waals surface area contributed by atoms with Crippen LogP contribution in [0.2, 0.25) is 0 Å². The number of carbonyl (C=O) groups excluding carboxylic acids is 1. The van der Waals surface area contributed by atoms with Crippen LogP contribution < -0.4 is 4.90 Å². The lowest BCUT2D eigenvalue weighted by Gasteiger charge is -2.29. The van der Waals surface area contributed by atoms with E-state index >= 15 is 0 Å². The van der Waals surface area contributed by atoms with Crippen molar-refractivity contribution in [3.8, 4) is 0 Å². The Kier molecular flexibility index (Phi) is 4.26. The van der Waals surface area contributed by atoms with Gasteiger partial charge in [-0.2, -0.15) is 11.8 Å². The number of nitrogens with zero attached hydrogens (tertiary/aromatic N) is 4. The molecule has 2 fully saturated rings. The highest BCUT2D eigenvalue weighted by molar-refractivity contribution is 7.99. The first-order chi connectivity index (χ1) is 11.7. The third-order valence-corrected chi connectivity index (χ3v) is 5.68. The number of fused-ring (bicyclic) bond motifs is 1. The Bertz CT molecular complexity index is 765. The Labute approximate surface area is 144 Å². The number of anilines is 1. The molecule has 2 saturated heterocycles. The van der Waals surface area contributed by atoms with E-state index in [1.54, 1.807) is 6.07 Å². The molecule has 5 nitrogen and oxygen atoms in total. The molecule has 0 spiro atoms. The average molecular weight is 346 g/mol. The van der Waals surface area contributed by atoms with Crippen molar-refractivity contribution >= 4 is 34.4 Å². The smallest absolute Gasteiger partial charge is 0.227 e. The Hall–Kier alpha value is -1.89. The van der Waals surface area contributed by atoms with Gasteiger partial charge in [0.2, 0.25) is 5.91 Å². The van der Waals surface area contributed by atoms with E-state index in [4.69, 9.17) is 0 Å². The fraction of sp³-hybridized carbons (Fsp3) is 0.471. The Morgan fingerprint density at radius 2 is 2.04 bits per heavy atom. The lowest BCUT2D eigenvalue weighted by Crippen LogP contribution is -2.42. The van der Waals surface area contributed by atoms with Crippen molar-refractivity contribution in [2.75, 3.05) is 42.6 Å². The van der Waals surface area contributed by atoms with Gasteiger partial charge >= 0.3 is 0 Å². The van der Waals surface area contributed by atoms with Crippen LogP contribution in [-0.2, 0) is 4.79 Å². The Morgan fingerprint density at radius 3 is 2.88 bits per heavy atom. The van der Waals surface area contributed by atoms with Gasteiger partial charge < -0.3 is 9.80 Å². The van der Waals surface area contributed by atoms with Crippen molar-refractivity contribution in [2.24, 2.45) is 5.92 Å². The number of carbonyl (C=O) groups is 1. The first kappa shape index (κ1) is 15.6. The van der Waals surface area contributed by atoms with Crippen LogP contribution in [0, 0.1) is 11.7 Å². The first-order valence-corrected chi connectivity index (χ1v) is 9.39. The molecular formula is C17H19FN4OS. The van der Waals surface area contributed by atoms with Gasteiger partial charge in [-0.25, -0.2) is 14.4 Å². The maximum atomic E-state index is 13.6. The Morgan fingerprint density at radius 1 is 1.21 bits per heavy atom. The number of benzene rings is 1. The molecule has 1 aromatic heterocycles. The Balaban J connectivity index is 1.54. The molecule has 4 rings (SSSR count). The third kappa shape index (κ3) is 2.92. The summed E-state index contributed by atoms with van der Waals surface area (Å²) in [5.41, 5.74) is 0.726. The molecule has 0 saturated carbocycles. The predicted octanol–water partition coefficient (Wildman–Crippen LogP) is 2.17. The largest absolute Gasteiger partial charge is 0.355 e. The standard InChI is InChI=1S/C17H19FN4OS/c18-13-1-2-15-14(9-13)16(20-11-19-15)22-4-3-12(10-22)17(23)21-5-7-24-8-6-21/h1-2,9,11-12H,3-8,10H2. The van der Waals surface area contributed by atoms with Gasteiger partial charge in [-0.15, -0.1) is 0 Å². The van der Waals surface area contributed by atoms with Crippen LogP contribution in [0.3, 0.4) is 0 Å². The fourth-order valence-corrected chi connectivity index (χ4v) is 4.37. The van der Waals surface area contributed by atoms with Crippen molar-refractivity contribution in [1.29, 1.82) is 0 Å². The van der Waals surface area contributed by atoms with E-state index in [-0.39, 0.29) is 17.6 Å². The van der Waals surface area contributed by atoms with Crippen molar-refractivity contribution in [3.05, 3.63) is 30.3 Å². The second-order valence-corrected chi connectivity index (χ2v) is 7.45. The van der Waals surface area contributed by atoms with Gasteiger partial charge in [0.25, 0.3) is 0 Å². The van der Waals surface area contributed by atoms with Crippen molar-refractivity contribution in [3.63, 3.8) is 0 Å². The number of thioether (sulfide) groups is 1. The van der Waals surface area contributed by atoms with Gasteiger partial charge in [0.1, 0.15) is 18.0 Å². The van der Waals surface area contributed by atoms with Crippen LogP contribution in [0.5, 0.6) is 0 Å². The normalized spacial score (nSPS) is 21.5. The van der Waals surface area contributed by atoms with Crippen LogP contribution in [-0.4, -0.2) is 58.5 Å². The molecule has 2 aromatic rings. The fourth-order valence-electron chi connectivity index (χ4n) is 3.46. The second-order valence-electron chi connectivity index (χ2n) is 6.23. The van der Waals surface area contributed by atoms with Gasteiger partial charge in [0.05, 0.1) is 11.4 Å². The zero-order chi connectivity index (χ0) is 16.5. The van der Waals surface area contributed by atoms with Crippen LogP contribution in [0.25, 0.3) is 10.9 Å². The van der Waals surface area contributed by atoms with Gasteiger partial charge in [-0.1, -0.05) is 0 Å². The summed E-state index contributed by atoms with van der Waals surface area (Å²) in [6.45, 7) is 3.11. The molecular weight excluding hydrogens is 327 g/mol. The topological polar surface area (TPSA) is 49.3 Å². The van der Waals surface area contributed by atoms with Crippen molar-refractivity contribution in [2.45, 2.75) is 6.42 Å². The second kappa shape index (κ2) is 6.55. The SMILES string of the molecule is O=C(C1CCN(c2ncnc3ccc(F)cc23)C1)N1CCSCC1. The molecule has 126 valence electrons. The van der Waals surface area contributed by atoms with Crippen LogP contribution in [0.1, 0.15) is 6.42 Å². The zero-order valence-electron chi connectivity index (χ0n) is 13.3. The quantitative estimate of drug-likeness (QED) is 0.834. The van der Waals surface area contributed by atoms with Gasteiger partial charge in [-0.3, -0.25) is 4.79 Å². The summed E-state index contributed by atoms with van der Waals surface area (Å²) in [6.07, 6.45) is 2.33. The van der Waals surface area contributed by atoms with E-state index < -0.39 is 0 Å². The van der Waals surface area contributed by atoms with Crippen LogP contribution >= 0.6 is 11.8 Å². The summed E-state index contributed by atoms with van der Waals surface area (Å²) in [4.78, 5) is 25.3. The lowest BCUT2D eigenvalue weighted by atomic mass is 10.1. The van der Waals surface area contributed by atoms with E-state index in [1.807, 2.05) is 16.7 Å². The van der Waals surface area contributed by atoms with Gasteiger partial charge in [-0.05, 0) is 24.6 Å². The minimum absolute atomic E-state index is 0.00618. The molecule has 0 N–H and O–H groups in total. The number of rotatable bonds is 2.